The van der Waals surface area contributed by atoms with Crippen molar-refractivity contribution in [1.82, 2.24) is 20.3 Å². The molecule has 1 aliphatic heterocycles. The average molecular weight is 379 g/mol. The number of pyridine rings is 1. The molecular formula is C21H25N5O2. The van der Waals surface area contributed by atoms with Crippen LogP contribution in [0.4, 0.5) is 5.95 Å². The second kappa shape index (κ2) is 7.30. The minimum atomic E-state index is -0.427. The van der Waals surface area contributed by atoms with Crippen LogP contribution in [0.2, 0.25) is 0 Å². The molecule has 7 nitrogen and oxygen atoms in total. The van der Waals surface area contributed by atoms with Gasteiger partial charge in [-0.25, -0.2) is 15.0 Å². The summed E-state index contributed by atoms with van der Waals surface area (Å²) in [5, 5.41) is 3.09. The third-order valence-corrected chi connectivity index (χ3v) is 5.84. The molecule has 4 rings (SSSR count). The van der Waals surface area contributed by atoms with Crippen molar-refractivity contribution in [2.45, 2.75) is 52.0 Å². The van der Waals surface area contributed by atoms with Crippen molar-refractivity contribution in [3.63, 3.8) is 0 Å². The molecule has 1 spiro atoms. The van der Waals surface area contributed by atoms with E-state index in [2.05, 4.69) is 20.3 Å². The monoisotopic (exact) mass is 379 g/mol. The van der Waals surface area contributed by atoms with Gasteiger partial charge in [-0.3, -0.25) is 14.5 Å². The highest BCUT2D eigenvalue weighted by Gasteiger charge is 2.50. The van der Waals surface area contributed by atoms with E-state index in [0.717, 1.165) is 37.1 Å². The Labute approximate surface area is 164 Å². The van der Waals surface area contributed by atoms with Crippen LogP contribution in [-0.2, 0) is 4.79 Å². The molecule has 2 fully saturated rings. The van der Waals surface area contributed by atoms with Crippen molar-refractivity contribution < 1.29 is 9.59 Å². The second-order valence-corrected chi connectivity index (χ2v) is 7.92. The highest BCUT2D eigenvalue weighted by molar-refractivity contribution is 5.98. The maximum atomic E-state index is 13.3. The van der Waals surface area contributed by atoms with Crippen LogP contribution in [0.1, 0.15) is 54.0 Å². The van der Waals surface area contributed by atoms with E-state index in [1.807, 2.05) is 32.0 Å². The first kappa shape index (κ1) is 18.5. The third-order valence-electron chi connectivity index (χ3n) is 5.84. The molecule has 2 aromatic rings. The molecule has 2 unspecified atom stereocenters. The molecule has 2 aromatic heterocycles. The van der Waals surface area contributed by atoms with E-state index in [1.54, 1.807) is 17.2 Å². The van der Waals surface area contributed by atoms with Crippen LogP contribution in [0, 0.1) is 19.3 Å². The van der Waals surface area contributed by atoms with Gasteiger partial charge in [0, 0.05) is 30.2 Å². The minimum Gasteiger partial charge on any atom is -0.348 e. The largest absolute Gasteiger partial charge is 0.348 e. The number of nitrogens with zero attached hydrogens (tertiary/aromatic N) is 4. The number of anilines is 1. The van der Waals surface area contributed by atoms with E-state index in [4.69, 9.17) is 0 Å². The minimum absolute atomic E-state index is 0.0223. The van der Waals surface area contributed by atoms with E-state index < -0.39 is 5.41 Å². The van der Waals surface area contributed by atoms with Gasteiger partial charge < -0.3 is 5.32 Å². The summed E-state index contributed by atoms with van der Waals surface area (Å²) in [6.45, 7) is 4.39. The van der Waals surface area contributed by atoms with Gasteiger partial charge in [-0.05, 0) is 57.7 Å². The summed E-state index contributed by atoms with van der Waals surface area (Å²) in [7, 11) is 0. The van der Waals surface area contributed by atoms with Gasteiger partial charge in [0.05, 0.1) is 5.41 Å². The molecular weight excluding hydrogens is 354 g/mol. The Hall–Kier alpha value is -2.83. The summed E-state index contributed by atoms with van der Waals surface area (Å²) in [5.41, 5.74) is 1.65. The number of nitrogens with one attached hydrogen (secondary N) is 1. The third kappa shape index (κ3) is 3.48. The van der Waals surface area contributed by atoms with Gasteiger partial charge in [0.25, 0.3) is 5.91 Å². The number of aryl methyl sites for hydroxylation is 2. The van der Waals surface area contributed by atoms with Crippen LogP contribution < -0.4 is 10.2 Å². The topological polar surface area (TPSA) is 88.1 Å². The first-order chi connectivity index (χ1) is 13.5. The molecule has 1 N–H and O–H groups in total. The average Bonchev–Trinajstić information content (AvgIpc) is 2.97. The summed E-state index contributed by atoms with van der Waals surface area (Å²) in [6, 6.07) is 7.22. The molecule has 1 saturated heterocycles. The molecule has 1 saturated carbocycles. The zero-order valence-electron chi connectivity index (χ0n) is 16.3. The number of aromatic nitrogens is 3. The number of rotatable bonds is 3. The SMILES string of the molecule is Cc1cccc(C(=O)NC2CCCC3(CCN(c4nccc(C)n4)C3=O)C2)n1. The number of carbonyl (C=O) groups is 2. The molecule has 3 heterocycles. The summed E-state index contributed by atoms with van der Waals surface area (Å²) in [5.74, 6) is 0.401. The molecule has 28 heavy (non-hydrogen) atoms. The van der Waals surface area contributed by atoms with Gasteiger partial charge >= 0.3 is 0 Å². The first-order valence-electron chi connectivity index (χ1n) is 9.83. The normalized spacial score (nSPS) is 24.6. The summed E-state index contributed by atoms with van der Waals surface area (Å²) >= 11 is 0. The van der Waals surface area contributed by atoms with E-state index in [1.165, 1.54) is 0 Å². The Kier molecular flexibility index (Phi) is 4.83. The Morgan fingerprint density at radius 3 is 2.79 bits per heavy atom. The molecule has 1 aliphatic carbocycles. The van der Waals surface area contributed by atoms with E-state index in [-0.39, 0.29) is 17.9 Å². The van der Waals surface area contributed by atoms with Gasteiger partial charge in [-0.15, -0.1) is 0 Å². The highest BCUT2D eigenvalue weighted by atomic mass is 16.2. The smallest absolute Gasteiger partial charge is 0.270 e. The van der Waals surface area contributed by atoms with Crippen molar-refractivity contribution in [3.05, 3.63) is 47.5 Å². The Morgan fingerprint density at radius 1 is 1.18 bits per heavy atom. The summed E-state index contributed by atoms with van der Waals surface area (Å²) < 4.78 is 0. The van der Waals surface area contributed by atoms with E-state index >= 15 is 0 Å². The fourth-order valence-electron chi connectivity index (χ4n) is 4.41. The lowest BCUT2D eigenvalue weighted by Gasteiger charge is -2.36. The Bertz CT molecular complexity index is 915. The van der Waals surface area contributed by atoms with Crippen LogP contribution in [0.15, 0.2) is 30.5 Å². The molecule has 2 amide bonds. The van der Waals surface area contributed by atoms with E-state index in [0.29, 0.717) is 24.6 Å². The number of hydrogen-bond donors (Lipinski definition) is 1. The van der Waals surface area contributed by atoms with Crippen LogP contribution in [0.25, 0.3) is 0 Å². The van der Waals surface area contributed by atoms with E-state index in [9.17, 15) is 9.59 Å². The molecule has 0 radical (unpaired) electrons. The Balaban J connectivity index is 1.47. The Morgan fingerprint density at radius 2 is 2.00 bits per heavy atom. The van der Waals surface area contributed by atoms with Crippen molar-refractivity contribution in [2.75, 3.05) is 11.4 Å². The lowest BCUT2D eigenvalue weighted by atomic mass is 9.71. The number of amides is 2. The maximum Gasteiger partial charge on any atom is 0.270 e. The predicted molar refractivity (Wildman–Crippen MR) is 105 cm³/mol. The maximum absolute atomic E-state index is 13.3. The molecule has 146 valence electrons. The zero-order valence-corrected chi connectivity index (χ0v) is 16.3. The predicted octanol–water partition coefficient (Wildman–Crippen LogP) is 2.58. The molecule has 2 atom stereocenters. The fraction of sp³-hybridized carbons (Fsp3) is 0.476. The quantitative estimate of drug-likeness (QED) is 0.886. The van der Waals surface area contributed by atoms with Crippen molar-refractivity contribution >= 4 is 17.8 Å². The first-order valence-corrected chi connectivity index (χ1v) is 9.83. The van der Waals surface area contributed by atoms with Crippen molar-refractivity contribution in [2.24, 2.45) is 5.41 Å². The lowest BCUT2D eigenvalue weighted by Crippen LogP contribution is -2.46. The van der Waals surface area contributed by atoms with Gasteiger partial charge in [0.2, 0.25) is 11.9 Å². The highest BCUT2D eigenvalue weighted by Crippen LogP contribution is 2.45. The van der Waals surface area contributed by atoms with Gasteiger partial charge in [-0.1, -0.05) is 12.5 Å². The molecule has 2 aliphatic rings. The van der Waals surface area contributed by atoms with Gasteiger partial charge in [0.1, 0.15) is 5.69 Å². The molecule has 0 bridgehead atoms. The van der Waals surface area contributed by atoms with Crippen LogP contribution >= 0.6 is 0 Å². The molecule has 0 aromatic carbocycles. The second-order valence-electron chi connectivity index (χ2n) is 7.92. The standard InChI is InChI=1S/C21H25N5O2/c1-14-5-3-7-17(23-14)18(27)25-16-6-4-9-21(13-16)10-12-26(19(21)28)20-22-11-8-15(2)24-20/h3,5,7-8,11,16H,4,6,9-10,12-13H2,1-2H3,(H,25,27). The molecule has 7 heteroatoms. The van der Waals surface area contributed by atoms with Crippen molar-refractivity contribution in [1.29, 1.82) is 0 Å². The number of carbonyl (C=O) groups excluding carboxylic acids is 2. The van der Waals surface area contributed by atoms with Crippen LogP contribution in [-0.4, -0.2) is 39.4 Å². The summed E-state index contributed by atoms with van der Waals surface area (Å²) in [4.78, 5) is 40.5. The van der Waals surface area contributed by atoms with Crippen LogP contribution in [0.3, 0.4) is 0 Å². The lowest BCUT2D eigenvalue weighted by molar-refractivity contribution is -0.127. The zero-order chi connectivity index (χ0) is 19.7. The number of hydrogen-bond acceptors (Lipinski definition) is 5. The van der Waals surface area contributed by atoms with Gasteiger partial charge in [-0.2, -0.15) is 0 Å². The summed E-state index contributed by atoms with van der Waals surface area (Å²) in [6.07, 6.45) is 5.77. The van der Waals surface area contributed by atoms with Crippen LogP contribution in [0.5, 0.6) is 0 Å². The fourth-order valence-corrected chi connectivity index (χ4v) is 4.41. The van der Waals surface area contributed by atoms with Gasteiger partial charge in [0.15, 0.2) is 0 Å². The van der Waals surface area contributed by atoms with Crippen molar-refractivity contribution in [3.8, 4) is 0 Å².